The summed E-state index contributed by atoms with van der Waals surface area (Å²) >= 11 is 1.50. The average molecular weight is 229 g/mol. The SMILES string of the molecule is CSc1cc(F)cc([C@H]2C[C@H](F)CN2)c1. The fourth-order valence-corrected chi connectivity index (χ4v) is 2.33. The maximum absolute atomic E-state index is 13.2. The summed E-state index contributed by atoms with van der Waals surface area (Å²) in [5, 5.41) is 3.05. The summed E-state index contributed by atoms with van der Waals surface area (Å²) in [4.78, 5) is 0.883. The van der Waals surface area contributed by atoms with E-state index >= 15 is 0 Å². The second-order valence-corrected chi connectivity index (χ2v) is 4.60. The van der Waals surface area contributed by atoms with Gasteiger partial charge in [0.05, 0.1) is 0 Å². The molecule has 15 heavy (non-hydrogen) atoms. The third kappa shape index (κ3) is 2.49. The van der Waals surface area contributed by atoms with Crippen LogP contribution < -0.4 is 5.32 Å². The van der Waals surface area contributed by atoms with Gasteiger partial charge in [0.2, 0.25) is 0 Å². The van der Waals surface area contributed by atoms with Crippen LogP contribution in [-0.4, -0.2) is 19.0 Å². The van der Waals surface area contributed by atoms with Crippen molar-refractivity contribution in [3.8, 4) is 0 Å². The van der Waals surface area contributed by atoms with Gasteiger partial charge >= 0.3 is 0 Å². The Balaban J connectivity index is 2.24. The molecule has 1 fully saturated rings. The van der Waals surface area contributed by atoms with Gasteiger partial charge in [0.1, 0.15) is 12.0 Å². The van der Waals surface area contributed by atoms with Crippen molar-refractivity contribution in [1.82, 2.24) is 5.32 Å². The molecule has 0 radical (unpaired) electrons. The summed E-state index contributed by atoms with van der Waals surface area (Å²) in [6.07, 6.45) is 1.53. The minimum atomic E-state index is -0.809. The van der Waals surface area contributed by atoms with Crippen LogP contribution in [0.3, 0.4) is 0 Å². The van der Waals surface area contributed by atoms with Crippen molar-refractivity contribution in [3.05, 3.63) is 29.6 Å². The first-order chi connectivity index (χ1) is 7.19. The van der Waals surface area contributed by atoms with Crippen LogP contribution in [0.2, 0.25) is 0 Å². The lowest BCUT2D eigenvalue weighted by Crippen LogP contribution is -2.14. The zero-order chi connectivity index (χ0) is 10.8. The summed E-state index contributed by atoms with van der Waals surface area (Å²) in [5.74, 6) is -0.249. The standard InChI is InChI=1S/C11H13F2NS/c1-15-10-3-7(2-8(12)4-10)11-5-9(13)6-14-11/h2-4,9,11,14H,5-6H2,1H3/t9-,11+/m0/s1. The van der Waals surface area contributed by atoms with Gasteiger partial charge in [-0.2, -0.15) is 0 Å². The van der Waals surface area contributed by atoms with Crippen LogP contribution in [0, 0.1) is 5.82 Å². The van der Waals surface area contributed by atoms with Crippen LogP contribution in [0.1, 0.15) is 18.0 Å². The summed E-state index contributed by atoms with van der Waals surface area (Å²) < 4.78 is 26.2. The van der Waals surface area contributed by atoms with E-state index in [0.717, 1.165) is 10.5 Å². The molecule has 0 bridgehead atoms. The molecule has 1 nitrogen and oxygen atoms in total. The Hall–Kier alpha value is -0.610. The number of benzene rings is 1. The Labute approximate surface area is 92.3 Å². The number of rotatable bonds is 2. The van der Waals surface area contributed by atoms with Crippen molar-refractivity contribution in [3.63, 3.8) is 0 Å². The largest absolute Gasteiger partial charge is 0.307 e. The summed E-state index contributed by atoms with van der Waals surface area (Å²) in [6.45, 7) is 0.371. The molecule has 0 spiro atoms. The molecule has 1 saturated heterocycles. The molecule has 1 N–H and O–H groups in total. The van der Waals surface area contributed by atoms with Crippen LogP contribution in [0.4, 0.5) is 8.78 Å². The average Bonchev–Trinajstić information content (AvgIpc) is 2.64. The van der Waals surface area contributed by atoms with Gasteiger partial charge in [-0.25, -0.2) is 8.78 Å². The van der Waals surface area contributed by atoms with E-state index in [2.05, 4.69) is 5.32 Å². The van der Waals surface area contributed by atoms with Crippen molar-refractivity contribution in [2.24, 2.45) is 0 Å². The first-order valence-corrected chi connectivity index (χ1v) is 6.13. The Bertz CT molecular complexity index is 356. The summed E-state index contributed by atoms with van der Waals surface area (Å²) in [6, 6.07) is 4.86. The van der Waals surface area contributed by atoms with Gasteiger partial charge in [0, 0.05) is 17.5 Å². The molecule has 0 aliphatic carbocycles. The molecular formula is C11H13F2NS. The van der Waals surface area contributed by atoms with Gasteiger partial charge in [0.15, 0.2) is 0 Å². The number of hydrogen-bond donors (Lipinski definition) is 1. The lowest BCUT2D eigenvalue weighted by atomic mass is 10.1. The van der Waals surface area contributed by atoms with E-state index in [1.807, 2.05) is 12.3 Å². The lowest BCUT2D eigenvalue weighted by molar-refractivity contribution is 0.356. The van der Waals surface area contributed by atoms with Gasteiger partial charge in [0.25, 0.3) is 0 Å². The molecule has 4 heteroatoms. The second-order valence-electron chi connectivity index (χ2n) is 3.72. The maximum atomic E-state index is 13.2. The van der Waals surface area contributed by atoms with Crippen molar-refractivity contribution in [2.75, 3.05) is 12.8 Å². The molecular weight excluding hydrogens is 216 g/mol. The molecule has 1 aromatic rings. The first kappa shape index (κ1) is 10.9. The van der Waals surface area contributed by atoms with Crippen LogP contribution >= 0.6 is 11.8 Å². The maximum Gasteiger partial charge on any atom is 0.124 e. The number of hydrogen-bond acceptors (Lipinski definition) is 2. The molecule has 82 valence electrons. The Morgan fingerprint density at radius 2 is 2.20 bits per heavy atom. The van der Waals surface area contributed by atoms with Gasteiger partial charge < -0.3 is 5.32 Å². The zero-order valence-electron chi connectivity index (χ0n) is 8.47. The zero-order valence-corrected chi connectivity index (χ0v) is 9.28. The quantitative estimate of drug-likeness (QED) is 0.783. The molecule has 0 saturated carbocycles. The molecule has 2 atom stereocenters. The van der Waals surface area contributed by atoms with Crippen LogP contribution in [0.5, 0.6) is 0 Å². The topological polar surface area (TPSA) is 12.0 Å². The van der Waals surface area contributed by atoms with E-state index in [1.54, 1.807) is 0 Å². The Kier molecular flexibility index (Phi) is 3.26. The highest BCUT2D eigenvalue weighted by Gasteiger charge is 2.25. The minimum Gasteiger partial charge on any atom is -0.307 e. The number of thioether (sulfide) groups is 1. The highest BCUT2D eigenvalue weighted by molar-refractivity contribution is 7.98. The number of alkyl halides is 1. The van der Waals surface area contributed by atoms with Crippen molar-refractivity contribution < 1.29 is 8.78 Å². The third-order valence-electron chi connectivity index (χ3n) is 2.61. The summed E-state index contributed by atoms with van der Waals surface area (Å²) in [7, 11) is 0. The van der Waals surface area contributed by atoms with E-state index in [-0.39, 0.29) is 11.9 Å². The smallest absolute Gasteiger partial charge is 0.124 e. The molecule has 1 aliphatic heterocycles. The van der Waals surface area contributed by atoms with Crippen molar-refractivity contribution >= 4 is 11.8 Å². The first-order valence-electron chi connectivity index (χ1n) is 4.91. The van der Waals surface area contributed by atoms with Gasteiger partial charge in [-0.15, -0.1) is 11.8 Å². The van der Waals surface area contributed by atoms with E-state index in [1.165, 1.54) is 23.9 Å². The second kappa shape index (κ2) is 4.49. The fourth-order valence-electron chi connectivity index (χ4n) is 1.85. The van der Waals surface area contributed by atoms with Gasteiger partial charge in [-0.05, 0) is 36.4 Å². The van der Waals surface area contributed by atoms with Crippen molar-refractivity contribution in [1.29, 1.82) is 0 Å². The van der Waals surface area contributed by atoms with E-state index < -0.39 is 6.17 Å². The normalized spacial score (nSPS) is 25.8. The van der Waals surface area contributed by atoms with Crippen LogP contribution in [0.25, 0.3) is 0 Å². The lowest BCUT2D eigenvalue weighted by Gasteiger charge is -2.11. The Morgan fingerprint density at radius 1 is 1.40 bits per heavy atom. The highest BCUT2D eigenvalue weighted by atomic mass is 32.2. The fraction of sp³-hybridized carbons (Fsp3) is 0.455. The monoisotopic (exact) mass is 229 g/mol. The van der Waals surface area contributed by atoms with Gasteiger partial charge in [-0.1, -0.05) is 0 Å². The molecule has 0 aromatic heterocycles. The van der Waals surface area contributed by atoms with Gasteiger partial charge in [-0.3, -0.25) is 0 Å². The number of nitrogens with one attached hydrogen (secondary N) is 1. The molecule has 1 aliphatic rings. The summed E-state index contributed by atoms with van der Waals surface area (Å²) in [5.41, 5.74) is 0.847. The molecule has 0 unspecified atom stereocenters. The van der Waals surface area contributed by atoms with Crippen LogP contribution in [-0.2, 0) is 0 Å². The van der Waals surface area contributed by atoms with E-state index in [4.69, 9.17) is 0 Å². The molecule has 1 heterocycles. The predicted molar refractivity (Wildman–Crippen MR) is 58.4 cm³/mol. The van der Waals surface area contributed by atoms with E-state index in [0.29, 0.717) is 13.0 Å². The predicted octanol–water partition coefficient (Wildman–Crippen LogP) is 2.92. The highest BCUT2D eigenvalue weighted by Crippen LogP contribution is 2.28. The van der Waals surface area contributed by atoms with Crippen LogP contribution in [0.15, 0.2) is 23.1 Å². The van der Waals surface area contributed by atoms with Crippen molar-refractivity contribution in [2.45, 2.75) is 23.5 Å². The molecule has 0 amide bonds. The third-order valence-corrected chi connectivity index (χ3v) is 3.32. The molecule has 1 aromatic carbocycles. The molecule has 2 rings (SSSR count). The Morgan fingerprint density at radius 3 is 2.80 bits per heavy atom. The number of halogens is 2. The van der Waals surface area contributed by atoms with E-state index in [9.17, 15) is 8.78 Å². The minimum absolute atomic E-state index is 0.0402.